The summed E-state index contributed by atoms with van der Waals surface area (Å²) < 4.78 is 5.08. The van der Waals surface area contributed by atoms with Gasteiger partial charge in [-0.1, -0.05) is 6.08 Å². The van der Waals surface area contributed by atoms with Crippen molar-refractivity contribution in [2.24, 2.45) is 0 Å². The highest BCUT2D eigenvalue weighted by molar-refractivity contribution is 7.18. The van der Waals surface area contributed by atoms with Crippen LogP contribution in [0, 0.1) is 0 Å². The van der Waals surface area contributed by atoms with Crippen LogP contribution in [0.25, 0.3) is 0 Å². The zero-order valence-electron chi connectivity index (χ0n) is 13.1. The number of Topliss-reactive ketones (excluding diaryl/α,β-unsaturated/α-hetero) is 1. The Bertz CT molecular complexity index is 636. The van der Waals surface area contributed by atoms with Crippen molar-refractivity contribution in [1.82, 2.24) is 5.32 Å². The van der Waals surface area contributed by atoms with Crippen LogP contribution in [-0.4, -0.2) is 37.4 Å². The zero-order valence-corrected chi connectivity index (χ0v) is 13.9. The van der Waals surface area contributed by atoms with E-state index in [1.807, 2.05) is 0 Å². The highest BCUT2D eigenvalue weighted by Crippen LogP contribution is 2.38. The highest BCUT2D eigenvalue weighted by atomic mass is 32.1. The van der Waals surface area contributed by atoms with Crippen molar-refractivity contribution >= 4 is 34.0 Å². The fraction of sp³-hybridized carbons (Fsp3) is 0.438. The van der Waals surface area contributed by atoms with Crippen LogP contribution in [0.2, 0.25) is 0 Å². The third kappa shape index (κ3) is 4.05. The summed E-state index contributed by atoms with van der Waals surface area (Å²) in [5.41, 5.74) is 1.04. The number of esters is 1. The summed E-state index contributed by atoms with van der Waals surface area (Å²) in [6, 6.07) is 0. The Labute approximate surface area is 138 Å². The van der Waals surface area contributed by atoms with Gasteiger partial charge in [0.2, 0.25) is 5.91 Å². The number of rotatable bonds is 7. The predicted molar refractivity (Wildman–Crippen MR) is 89.2 cm³/mol. The molecule has 0 unspecified atom stereocenters. The highest BCUT2D eigenvalue weighted by Gasteiger charge is 2.30. The lowest BCUT2D eigenvalue weighted by atomic mass is 9.94. The topological polar surface area (TPSA) is 84.5 Å². The number of carbonyl (C=O) groups is 3. The van der Waals surface area contributed by atoms with E-state index in [2.05, 4.69) is 17.2 Å². The molecule has 7 heteroatoms. The molecule has 0 aromatic carbocycles. The smallest absolute Gasteiger partial charge is 0.341 e. The molecule has 0 fully saturated rings. The lowest BCUT2D eigenvalue weighted by Crippen LogP contribution is -2.28. The minimum absolute atomic E-state index is 0.0204. The van der Waals surface area contributed by atoms with E-state index in [1.165, 1.54) is 0 Å². The fourth-order valence-electron chi connectivity index (χ4n) is 2.43. The van der Waals surface area contributed by atoms with Gasteiger partial charge < -0.3 is 15.4 Å². The van der Waals surface area contributed by atoms with Crippen molar-refractivity contribution < 1.29 is 19.1 Å². The normalized spacial score (nSPS) is 13.3. The summed E-state index contributed by atoms with van der Waals surface area (Å²) in [6.45, 7) is 6.14. The summed E-state index contributed by atoms with van der Waals surface area (Å²) in [5.74, 6) is -0.746. The van der Waals surface area contributed by atoms with Gasteiger partial charge in [-0.05, 0) is 25.3 Å². The van der Waals surface area contributed by atoms with E-state index in [-0.39, 0.29) is 24.8 Å². The molecule has 0 atom stereocenters. The maximum Gasteiger partial charge on any atom is 0.341 e. The molecule has 2 N–H and O–H groups in total. The first-order chi connectivity index (χ1) is 11.1. The molecule has 1 heterocycles. The van der Waals surface area contributed by atoms with Crippen LogP contribution in [0.1, 0.15) is 45.4 Å². The van der Waals surface area contributed by atoms with Gasteiger partial charge in [0.05, 0.1) is 23.6 Å². The first-order valence-corrected chi connectivity index (χ1v) is 8.37. The maximum absolute atomic E-state index is 12.2. The molecule has 1 amide bonds. The monoisotopic (exact) mass is 336 g/mol. The predicted octanol–water partition coefficient (Wildman–Crippen LogP) is 2.16. The molecule has 0 aliphatic heterocycles. The molecule has 1 aliphatic rings. The number of fused-ring (bicyclic) bond motifs is 1. The minimum Gasteiger partial charge on any atom is -0.462 e. The number of nitrogens with one attached hydrogen (secondary N) is 2. The van der Waals surface area contributed by atoms with Gasteiger partial charge in [0.25, 0.3) is 0 Å². The number of thiophene rings is 1. The Kier molecular flexibility index (Phi) is 6.06. The first-order valence-electron chi connectivity index (χ1n) is 7.55. The van der Waals surface area contributed by atoms with Crippen molar-refractivity contribution in [2.75, 3.05) is 25.0 Å². The van der Waals surface area contributed by atoms with Gasteiger partial charge in [0, 0.05) is 13.0 Å². The van der Waals surface area contributed by atoms with Crippen LogP contribution in [-0.2, 0) is 16.0 Å². The largest absolute Gasteiger partial charge is 0.462 e. The molecular weight excluding hydrogens is 316 g/mol. The van der Waals surface area contributed by atoms with Crippen molar-refractivity contribution in [1.29, 1.82) is 0 Å². The molecule has 1 aromatic heterocycles. The Balaban J connectivity index is 2.26. The van der Waals surface area contributed by atoms with Crippen LogP contribution in [0.5, 0.6) is 0 Å². The van der Waals surface area contributed by atoms with E-state index in [0.717, 1.165) is 11.3 Å². The average molecular weight is 336 g/mol. The molecule has 124 valence electrons. The molecule has 23 heavy (non-hydrogen) atoms. The van der Waals surface area contributed by atoms with Gasteiger partial charge in [0.15, 0.2) is 5.78 Å². The first kappa shape index (κ1) is 17.4. The number of anilines is 1. The Morgan fingerprint density at radius 3 is 2.87 bits per heavy atom. The van der Waals surface area contributed by atoms with Gasteiger partial charge in [0.1, 0.15) is 5.00 Å². The molecule has 0 bridgehead atoms. The lowest BCUT2D eigenvalue weighted by Gasteiger charge is -2.11. The maximum atomic E-state index is 12.2. The Morgan fingerprint density at radius 2 is 2.17 bits per heavy atom. The third-order valence-electron chi connectivity index (χ3n) is 3.40. The molecule has 1 aliphatic carbocycles. The summed E-state index contributed by atoms with van der Waals surface area (Å²) >= 11 is 1.16. The quantitative estimate of drug-likeness (QED) is 0.453. The molecule has 0 saturated heterocycles. The number of ketones is 1. The van der Waals surface area contributed by atoms with E-state index in [4.69, 9.17) is 4.74 Å². The number of amides is 1. The summed E-state index contributed by atoms with van der Waals surface area (Å²) in [7, 11) is 0. The molecule has 2 rings (SSSR count). The van der Waals surface area contributed by atoms with Crippen molar-refractivity contribution in [3.63, 3.8) is 0 Å². The number of ether oxygens (including phenoxy) is 1. The molecular formula is C16H20N2O4S. The van der Waals surface area contributed by atoms with E-state index < -0.39 is 5.97 Å². The van der Waals surface area contributed by atoms with Crippen LogP contribution in [0.4, 0.5) is 5.00 Å². The van der Waals surface area contributed by atoms with Crippen LogP contribution < -0.4 is 10.6 Å². The molecule has 0 saturated carbocycles. The summed E-state index contributed by atoms with van der Waals surface area (Å²) in [5, 5.41) is 6.00. The molecule has 1 aromatic rings. The molecule has 0 spiro atoms. The van der Waals surface area contributed by atoms with Crippen molar-refractivity contribution in [3.8, 4) is 0 Å². The average Bonchev–Trinajstić information content (AvgIpc) is 2.87. The van der Waals surface area contributed by atoms with Gasteiger partial charge in [-0.2, -0.15) is 0 Å². The second-order valence-corrected chi connectivity index (χ2v) is 6.10. The van der Waals surface area contributed by atoms with E-state index in [9.17, 15) is 14.4 Å². The van der Waals surface area contributed by atoms with Gasteiger partial charge in [-0.15, -0.1) is 17.9 Å². The Hall–Kier alpha value is -1.99. The van der Waals surface area contributed by atoms with Crippen molar-refractivity contribution in [2.45, 2.75) is 26.2 Å². The minimum atomic E-state index is -0.492. The SMILES string of the molecule is C=CCNCC(=O)Nc1sc2c(c1C(=O)OCC)CCCC2=O. The second kappa shape index (κ2) is 8.03. The second-order valence-electron chi connectivity index (χ2n) is 5.08. The molecule has 6 nitrogen and oxygen atoms in total. The van der Waals surface area contributed by atoms with Crippen LogP contribution in [0.15, 0.2) is 12.7 Å². The summed E-state index contributed by atoms with van der Waals surface area (Å²) in [4.78, 5) is 36.8. The van der Waals surface area contributed by atoms with E-state index in [1.54, 1.807) is 13.0 Å². The van der Waals surface area contributed by atoms with E-state index >= 15 is 0 Å². The zero-order chi connectivity index (χ0) is 16.8. The third-order valence-corrected chi connectivity index (χ3v) is 4.59. The van der Waals surface area contributed by atoms with Gasteiger partial charge in [-0.3, -0.25) is 9.59 Å². The van der Waals surface area contributed by atoms with Gasteiger partial charge in [-0.25, -0.2) is 4.79 Å². The van der Waals surface area contributed by atoms with Crippen molar-refractivity contribution in [3.05, 3.63) is 28.7 Å². The van der Waals surface area contributed by atoms with Crippen LogP contribution in [0.3, 0.4) is 0 Å². The van der Waals surface area contributed by atoms with Crippen LogP contribution >= 0.6 is 11.3 Å². The number of carbonyl (C=O) groups excluding carboxylic acids is 3. The number of hydrogen-bond acceptors (Lipinski definition) is 6. The van der Waals surface area contributed by atoms with Gasteiger partial charge >= 0.3 is 5.97 Å². The lowest BCUT2D eigenvalue weighted by molar-refractivity contribution is -0.115. The Morgan fingerprint density at radius 1 is 1.39 bits per heavy atom. The van der Waals surface area contributed by atoms with E-state index in [0.29, 0.717) is 46.8 Å². The number of hydrogen-bond donors (Lipinski definition) is 2. The standard InChI is InChI=1S/C16H20N2O4S/c1-3-8-17-9-12(20)18-15-13(16(21)22-4-2)10-6-5-7-11(19)14(10)23-15/h3,17H,1,4-9H2,2H3,(H,18,20). The molecule has 0 radical (unpaired) electrons. The fourth-order valence-corrected chi connectivity index (χ4v) is 3.65. The summed E-state index contributed by atoms with van der Waals surface area (Å²) in [6.07, 6.45) is 3.49.